The number of hydrogen-bond acceptors (Lipinski definition) is 4. The Morgan fingerprint density at radius 1 is 1.03 bits per heavy atom. The van der Waals surface area contributed by atoms with Crippen LogP contribution in [0.4, 0.5) is 0 Å². The van der Waals surface area contributed by atoms with Gasteiger partial charge in [-0.3, -0.25) is 9.69 Å². The molecule has 0 aliphatic carbocycles. The number of amides is 1. The van der Waals surface area contributed by atoms with Crippen LogP contribution in [0.1, 0.15) is 15.9 Å². The maximum Gasteiger partial charge on any atom is 0.253 e. The molecule has 1 saturated heterocycles. The topological polar surface area (TPSA) is 69.7 Å². The third-order valence-corrected chi connectivity index (χ3v) is 6.50. The van der Waals surface area contributed by atoms with Crippen LogP contribution < -0.4 is 4.72 Å². The second-order valence-corrected chi connectivity index (χ2v) is 9.06. The van der Waals surface area contributed by atoms with Crippen molar-refractivity contribution < 1.29 is 13.2 Å². The van der Waals surface area contributed by atoms with Crippen molar-refractivity contribution >= 4 is 27.5 Å². The predicted octanol–water partition coefficient (Wildman–Crippen LogP) is 2.76. The van der Waals surface area contributed by atoms with E-state index in [-0.39, 0.29) is 17.3 Å². The molecule has 3 rings (SSSR count). The highest BCUT2D eigenvalue weighted by molar-refractivity contribution is 7.89. The van der Waals surface area contributed by atoms with Gasteiger partial charge in [0.15, 0.2) is 0 Å². The minimum Gasteiger partial charge on any atom is -0.336 e. The van der Waals surface area contributed by atoms with E-state index in [9.17, 15) is 13.2 Å². The molecule has 1 amide bonds. The zero-order valence-corrected chi connectivity index (χ0v) is 17.6. The van der Waals surface area contributed by atoms with Crippen molar-refractivity contribution in [3.63, 3.8) is 0 Å². The average molecular weight is 434 g/mol. The minimum absolute atomic E-state index is 0.0841. The summed E-state index contributed by atoms with van der Waals surface area (Å²) in [7, 11) is -3.59. The molecule has 2 aromatic carbocycles. The Morgan fingerprint density at radius 2 is 1.66 bits per heavy atom. The van der Waals surface area contributed by atoms with Gasteiger partial charge in [0.25, 0.3) is 5.91 Å². The highest BCUT2D eigenvalue weighted by atomic mass is 35.5. The van der Waals surface area contributed by atoms with Crippen LogP contribution in [0.5, 0.6) is 0 Å². The molecule has 0 atom stereocenters. The number of rotatable bonds is 7. The van der Waals surface area contributed by atoms with E-state index < -0.39 is 10.0 Å². The van der Waals surface area contributed by atoms with Crippen molar-refractivity contribution in [2.24, 2.45) is 0 Å². The Morgan fingerprint density at radius 3 is 2.24 bits per heavy atom. The number of nitrogens with zero attached hydrogens (tertiary/aromatic N) is 2. The number of benzene rings is 2. The third-order valence-electron chi connectivity index (χ3n) is 4.81. The SMILES string of the molecule is C=CCNS(=O)(=O)c1ccc(C(=O)N2CCN(Cc3ccc(Cl)cc3)CC2)cc1. The molecular formula is C21H24ClN3O3S. The summed E-state index contributed by atoms with van der Waals surface area (Å²) in [5.41, 5.74) is 1.68. The van der Waals surface area contributed by atoms with Gasteiger partial charge in [0.1, 0.15) is 0 Å². The third kappa shape index (κ3) is 5.67. The normalized spacial score (nSPS) is 15.3. The molecular weight excluding hydrogens is 410 g/mol. The van der Waals surface area contributed by atoms with Crippen molar-refractivity contribution in [2.45, 2.75) is 11.4 Å². The number of carbonyl (C=O) groups excluding carboxylic acids is 1. The molecule has 29 heavy (non-hydrogen) atoms. The highest BCUT2D eigenvalue weighted by Gasteiger charge is 2.23. The van der Waals surface area contributed by atoms with Gasteiger partial charge in [-0.05, 0) is 42.0 Å². The molecule has 0 saturated carbocycles. The van der Waals surface area contributed by atoms with Gasteiger partial charge in [0.05, 0.1) is 4.90 Å². The van der Waals surface area contributed by atoms with E-state index in [0.29, 0.717) is 18.7 Å². The smallest absolute Gasteiger partial charge is 0.253 e. The highest BCUT2D eigenvalue weighted by Crippen LogP contribution is 2.16. The van der Waals surface area contributed by atoms with Gasteiger partial charge in [-0.1, -0.05) is 29.8 Å². The first-order valence-corrected chi connectivity index (χ1v) is 11.2. The van der Waals surface area contributed by atoms with Gasteiger partial charge in [-0.15, -0.1) is 6.58 Å². The molecule has 8 heteroatoms. The standard InChI is InChI=1S/C21H24ClN3O3S/c1-2-11-23-29(27,28)20-9-5-18(6-10-20)21(26)25-14-12-24(13-15-25)16-17-3-7-19(22)8-4-17/h2-10,23H,1,11-16H2. The first-order chi connectivity index (χ1) is 13.9. The van der Waals surface area contributed by atoms with Gasteiger partial charge < -0.3 is 4.90 Å². The Balaban J connectivity index is 1.56. The van der Waals surface area contributed by atoms with Crippen molar-refractivity contribution in [3.05, 3.63) is 77.3 Å². The fraction of sp³-hybridized carbons (Fsp3) is 0.286. The summed E-state index contributed by atoms with van der Waals surface area (Å²) in [6.45, 7) is 7.30. The van der Waals surface area contributed by atoms with E-state index in [1.807, 2.05) is 24.3 Å². The summed E-state index contributed by atoms with van der Waals surface area (Å²) in [6.07, 6.45) is 1.47. The summed E-state index contributed by atoms with van der Waals surface area (Å²) in [4.78, 5) is 17.0. The van der Waals surface area contributed by atoms with E-state index in [4.69, 9.17) is 11.6 Å². The molecule has 154 valence electrons. The summed E-state index contributed by atoms with van der Waals surface area (Å²) < 4.78 is 26.6. The number of halogens is 1. The van der Waals surface area contributed by atoms with Crippen LogP contribution in [0.3, 0.4) is 0 Å². The largest absolute Gasteiger partial charge is 0.336 e. The van der Waals surface area contributed by atoms with Crippen molar-refractivity contribution in [2.75, 3.05) is 32.7 Å². The first-order valence-electron chi connectivity index (χ1n) is 9.36. The van der Waals surface area contributed by atoms with Gasteiger partial charge in [0, 0.05) is 49.9 Å². The van der Waals surface area contributed by atoms with Crippen LogP contribution in [-0.2, 0) is 16.6 Å². The van der Waals surface area contributed by atoms with E-state index in [2.05, 4.69) is 16.2 Å². The zero-order valence-electron chi connectivity index (χ0n) is 16.1. The van der Waals surface area contributed by atoms with Gasteiger partial charge in [-0.2, -0.15) is 0 Å². The molecule has 0 aromatic heterocycles. The van der Waals surface area contributed by atoms with Crippen molar-refractivity contribution in [3.8, 4) is 0 Å². The zero-order chi connectivity index (χ0) is 20.9. The molecule has 2 aromatic rings. The summed E-state index contributed by atoms with van der Waals surface area (Å²) in [5.74, 6) is -0.0841. The summed E-state index contributed by atoms with van der Waals surface area (Å²) >= 11 is 5.93. The average Bonchev–Trinajstić information content (AvgIpc) is 2.74. The number of piperazine rings is 1. The summed E-state index contributed by atoms with van der Waals surface area (Å²) in [6, 6.07) is 13.8. The first kappa shape index (κ1) is 21.5. The molecule has 0 spiro atoms. The maximum atomic E-state index is 12.7. The van der Waals surface area contributed by atoms with Crippen LogP contribution >= 0.6 is 11.6 Å². The lowest BCUT2D eigenvalue weighted by Crippen LogP contribution is -2.48. The molecule has 1 aliphatic heterocycles. The number of carbonyl (C=O) groups is 1. The lowest BCUT2D eigenvalue weighted by molar-refractivity contribution is 0.0628. The second-order valence-electron chi connectivity index (χ2n) is 6.86. The fourth-order valence-electron chi connectivity index (χ4n) is 3.17. The minimum atomic E-state index is -3.59. The van der Waals surface area contributed by atoms with E-state index in [1.165, 1.54) is 23.8 Å². The van der Waals surface area contributed by atoms with Crippen molar-refractivity contribution in [1.82, 2.24) is 14.5 Å². The van der Waals surface area contributed by atoms with Crippen molar-refractivity contribution in [1.29, 1.82) is 0 Å². The Hall–Kier alpha value is -2.19. The van der Waals surface area contributed by atoms with Gasteiger partial charge in [0.2, 0.25) is 10.0 Å². The Labute approximate surface area is 176 Å². The molecule has 0 unspecified atom stereocenters. The molecule has 1 N–H and O–H groups in total. The van der Waals surface area contributed by atoms with Crippen LogP contribution in [0, 0.1) is 0 Å². The van der Waals surface area contributed by atoms with E-state index in [0.717, 1.165) is 24.7 Å². The Bertz CT molecular complexity index is 952. The summed E-state index contributed by atoms with van der Waals surface area (Å²) in [5, 5.41) is 0.722. The van der Waals surface area contributed by atoms with Crippen LogP contribution in [0.25, 0.3) is 0 Å². The van der Waals surface area contributed by atoms with Gasteiger partial charge in [-0.25, -0.2) is 13.1 Å². The molecule has 1 aliphatic rings. The van der Waals surface area contributed by atoms with Crippen LogP contribution in [0.15, 0.2) is 66.1 Å². The lowest BCUT2D eigenvalue weighted by atomic mass is 10.1. The van der Waals surface area contributed by atoms with Gasteiger partial charge >= 0.3 is 0 Å². The van der Waals surface area contributed by atoms with Crippen LogP contribution in [-0.4, -0.2) is 56.8 Å². The van der Waals surface area contributed by atoms with Crippen LogP contribution in [0.2, 0.25) is 5.02 Å². The van der Waals surface area contributed by atoms with E-state index >= 15 is 0 Å². The number of sulfonamides is 1. The monoisotopic (exact) mass is 433 g/mol. The molecule has 0 bridgehead atoms. The molecule has 6 nitrogen and oxygen atoms in total. The predicted molar refractivity (Wildman–Crippen MR) is 114 cm³/mol. The quantitative estimate of drug-likeness (QED) is 0.681. The second kappa shape index (κ2) is 9.54. The molecule has 1 fully saturated rings. The number of nitrogens with one attached hydrogen (secondary N) is 1. The number of hydrogen-bond donors (Lipinski definition) is 1. The molecule has 0 radical (unpaired) electrons. The Kier molecular flexibility index (Phi) is 7.08. The maximum absolute atomic E-state index is 12.7. The van der Waals surface area contributed by atoms with E-state index in [1.54, 1.807) is 17.0 Å². The lowest BCUT2D eigenvalue weighted by Gasteiger charge is -2.34. The fourth-order valence-corrected chi connectivity index (χ4v) is 4.29. The molecule has 1 heterocycles.